The average molecular weight is 196 g/mol. The van der Waals surface area contributed by atoms with Gasteiger partial charge in [-0.05, 0) is 49.0 Å². The van der Waals surface area contributed by atoms with Gasteiger partial charge in [-0.15, -0.1) is 5.73 Å². The summed E-state index contributed by atoms with van der Waals surface area (Å²) in [6.45, 7) is 0. The maximum absolute atomic E-state index is 3.25. The Balaban J connectivity index is 2.04. The van der Waals surface area contributed by atoms with Crippen LogP contribution < -0.4 is 0 Å². The summed E-state index contributed by atoms with van der Waals surface area (Å²) in [4.78, 5) is 0. The molecule has 0 bridgehead atoms. The SMILES string of the molecule is C(=CC1=CCCCC1)=Cc1ccccc1. The van der Waals surface area contributed by atoms with E-state index in [0.717, 1.165) is 0 Å². The Labute approximate surface area is 91.6 Å². The number of benzene rings is 1. The third kappa shape index (κ3) is 3.27. The molecule has 0 nitrogen and oxygen atoms in total. The zero-order valence-electron chi connectivity index (χ0n) is 8.95. The molecule has 1 aromatic rings. The zero-order valence-corrected chi connectivity index (χ0v) is 8.95. The Morgan fingerprint density at radius 3 is 2.60 bits per heavy atom. The highest BCUT2D eigenvalue weighted by molar-refractivity contribution is 5.48. The van der Waals surface area contributed by atoms with E-state index in [1.807, 2.05) is 24.3 Å². The van der Waals surface area contributed by atoms with E-state index in [4.69, 9.17) is 0 Å². The Morgan fingerprint density at radius 1 is 1.00 bits per heavy atom. The van der Waals surface area contributed by atoms with Crippen molar-refractivity contribution in [2.75, 3.05) is 0 Å². The molecule has 0 heteroatoms. The van der Waals surface area contributed by atoms with Crippen LogP contribution in [0.25, 0.3) is 6.08 Å². The van der Waals surface area contributed by atoms with Crippen molar-refractivity contribution >= 4 is 6.08 Å². The number of hydrogen-bond donors (Lipinski definition) is 0. The van der Waals surface area contributed by atoms with E-state index in [1.54, 1.807) is 0 Å². The lowest BCUT2D eigenvalue weighted by atomic mass is 10.00. The summed E-state index contributed by atoms with van der Waals surface area (Å²) in [7, 11) is 0. The van der Waals surface area contributed by atoms with E-state index < -0.39 is 0 Å². The van der Waals surface area contributed by atoms with E-state index in [2.05, 4.69) is 30.0 Å². The predicted molar refractivity (Wildman–Crippen MR) is 65.5 cm³/mol. The van der Waals surface area contributed by atoms with Crippen molar-refractivity contribution in [1.82, 2.24) is 0 Å². The number of rotatable bonds is 2. The minimum Gasteiger partial charge on any atom is -0.120 e. The number of allylic oxidation sites excluding steroid dienone is 3. The van der Waals surface area contributed by atoms with Crippen LogP contribution in [0.15, 0.2) is 53.8 Å². The van der Waals surface area contributed by atoms with Crippen LogP contribution in [-0.2, 0) is 0 Å². The molecule has 2 rings (SSSR count). The molecule has 0 aromatic heterocycles. The van der Waals surface area contributed by atoms with Crippen molar-refractivity contribution in [2.45, 2.75) is 25.7 Å². The molecular formula is C15H16. The predicted octanol–water partition coefficient (Wildman–Crippen LogP) is 4.36. The van der Waals surface area contributed by atoms with E-state index in [1.165, 1.54) is 36.8 Å². The Hall–Kier alpha value is -1.52. The van der Waals surface area contributed by atoms with Gasteiger partial charge in [-0.3, -0.25) is 0 Å². The summed E-state index contributed by atoms with van der Waals surface area (Å²) in [6.07, 6.45) is 11.6. The van der Waals surface area contributed by atoms with Crippen molar-refractivity contribution in [1.29, 1.82) is 0 Å². The summed E-state index contributed by atoms with van der Waals surface area (Å²) < 4.78 is 0. The monoisotopic (exact) mass is 196 g/mol. The van der Waals surface area contributed by atoms with Crippen molar-refractivity contribution < 1.29 is 0 Å². The highest BCUT2D eigenvalue weighted by Crippen LogP contribution is 2.17. The molecule has 1 aromatic carbocycles. The van der Waals surface area contributed by atoms with Gasteiger partial charge in [0.05, 0.1) is 0 Å². The molecule has 0 atom stereocenters. The van der Waals surface area contributed by atoms with Crippen LogP contribution in [0.3, 0.4) is 0 Å². The lowest BCUT2D eigenvalue weighted by molar-refractivity contribution is 0.712. The van der Waals surface area contributed by atoms with Gasteiger partial charge in [0.25, 0.3) is 0 Å². The van der Waals surface area contributed by atoms with Gasteiger partial charge in [-0.1, -0.05) is 36.4 Å². The Kier molecular flexibility index (Phi) is 3.59. The molecular weight excluding hydrogens is 180 g/mol. The third-order valence-corrected chi connectivity index (χ3v) is 2.64. The van der Waals surface area contributed by atoms with Gasteiger partial charge in [-0.25, -0.2) is 0 Å². The van der Waals surface area contributed by atoms with Gasteiger partial charge in [-0.2, -0.15) is 0 Å². The molecule has 0 saturated heterocycles. The molecule has 0 heterocycles. The van der Waals surface area contributed by atoms with E-state index in [9.17, 15) is 0 Å². The minimum atomic E-state index is 1.21. The molecule has 15 heavy (non-hydrogen) atoms. The largest absolute Gasteiger partial charge is 0.120 e. The fraction of sp³-hybridized carbons (Fsp3) is 0.267. The number of hydrogen-bond acceptors (Lipinski definition) is 0. The maximum Gasteiger partial charge on any atom is -0.0127 e. The molecule has 0 spiro atoms. The van der Waals surface area contributed by atoms with E-state index in [0.29, 0.717) is 0 Å². The van der Waals surface area contributed by atoms with E-state index in [-0.39, 0.29) is 0 Å². The topological polar surface area (TPSA) is 0 Å². The first-order chi connectivity index (χ1) is 7.45. The molecule has 0 N–H and O–H groups in total. The summed E-state index contributed by atoms with van der Waals surface area (Å²) in [5.74, 6) is 0. The standard InChI is InChI=1S/C15H16/c1-3-8-14(9-4-1)12-7-13-15-10-5-2-6-11-15/h1,3-4,8-10,12-13H,2,5-6,11H2. The van der Waals surface area contributed by atoms with Crippen LogP contribution >= 0.6 is 0 Å². The molecule has 1 aliphatic carbocycles. The summed E-state index contributed by atoms with van der Waals surface area (Å²) >= 11 is 0. The average Bonchev–Trinajstić information content (AvgIpc) is 2.32. The smallest absolute Gasteiger partial charge is 0.0127 e. The fourth-order valence-electron chi connectivity index (χ4n) is 1.79. The lowest BCUT2D eigenvalue weighted by Crippen LogP contribution is -1.87. The first kappa shape index (κ1) is 10.0. The fourth-order valence-corrected chi connectivity index (χ4v) is 1.79. The summed E-state index contributed by atoms with van der Waals surface area (Å²) in [5, 5.41) is 0. The highest BCUT2D eigenvalue weighted by Gasteiger charge is 1.98. The molecule has 0 radical (unpaired) electrons. The second-order valence-electron chi connectivity index (χ2n) is 3.89. The molecule has 76 valence electrons. The molecule has 0 unspecified atom stereocenters. The van der Waals surface area contributed by atoms with Gasteiger partial charge < -0.3 is 0 Å². The second kappa shape index (κ2) is 5.38. The van der Waals surface area contributed by atoms with Crippen LogP contribution in [0.2, 0.25) is 0 Å². The van der Waals surface area contributed by atoms with Gasteiger partial charge in [0.1, 0.15) is 0 Å². The van der Waals surface area contributed by atoms with Crippen LogP contribution in [0.4, 0.5) is 0 Å². The van der Waals surface area contributed by atoms with Gasteiger partial charge >= 0.3 is 0 Å². The Bertz CT molecular complexity index is 389. The first-order valence-corrected chi connectivity index (χ1v) is 5.62. The third-order valence-electron chi connectivity index (χ3n) is 2.64. The molecule has 0 saturated carbocycles. The van der Waals surface area contributed by atoms with Gasteiger partial charge in [0, 0.05) is 0 Å². The minimum absolute atomic E-state index is 1.21. The van der Waals surface area contributed by atoms with Crippen molar-refractivity contribution in [3.63, 3.8) is 0 Å². The quantitative estimate of drug-likeness (QED) is 0.617. The Morgan fingerprint density at radius 2 is 1.87 bits per heavy atom. The van der Waals surface area contributed by atoms with Gasteiger partial charge in [0.15, 0.2) is 0 Å². The maximum atomic E-state index is 3.25. The molecule has 0 aliphatic heterocycles. The normalized spacial score (nSPS) is 15.1. The van der Waals surface area contributed by atoms with Crippen molar-refractivity contribution in [3.8, 4) is 0 Å². The molecule has 0 fully saturated rings. The summed E-state index contributed by atoms with van der Waals surface area (Å²) in [5.41, 5.74) is 5.90. The zero-order chi connectivity index (χ0) is 10.3. The van der Waals surface area contributed by atoms with Crippen molar-refractivity contribution in [2.24, 2.45) is 0 Å². The second-order valence-corrected chi connectivity index (χ2v) is 3.89. The van der Waals surface area contributed by atoms with Crippen LogP contribution in [0.1, 0.15) is 31.2 Å². The van der Waals surface area contributed by atoms with Crippen LogP contribution in [0, 0.1) is 0 Å². The summed E-state index contributed by atoms with van der Waals surface area (Å²) in [6, 6.07) is 10.3. The lowest BCUT2D eigenvalue weighted by Gasteiger charge is -2.06. The molecule has 1 aliphatic rings. The van der Waals surface area contributed by atoms with Crippen LogP contribution in [0.5, 0.6) is 0 Å². The van der Waals surface area contributed by atoms with Gasteiger partial charge in [0.2, 0.25) is 0 Å². The first-order valence-electron chi connectivity index (χ1n) is 5.62. The van der Waals surface area contributed by atoms with Crippen molar-refractivity contribution in [3.05, 3.63) is 59.4 Å². The van der Waals surface area contributed by atoms with E-state index >= 15 is 0 Å². The highest BCUT2D eigenvalue weighted by atomic mass is 14.0. The molecule has 0 amide bonds. The van der Waals surface area contributed by atoms with Crippen LogP contribution in [-0.4, -0.2) is 0 Å².